The Balaban J connectivity index is 2.31. The molecular formula is C8H6FN5O2. The monoisotopic (exact) mass is 223 g/mol. The predicted octanol–water partition coefficient (Wildman–Crippen LogP) is -0.0170. The van der Waals surface area contributed by atoms with Crippen LogP contribution in [0.15, 0.2) is 18.7 Å². The molecule has 0 aliphatic carbocycles. The van der Waals surface area contributed by atoms with Gasteiger partial charge in [-0.05, 0) is 0 Å². The summed E-state index contributed by atoms with van der Waals surface area (Å²) in [6, 6.07) is 0. The zero-order chi connectivity index (χ0) is 11.5. The third-order valence-corrected chi connectivity index (χ3v) is 1.67. The lowest BCUT2D eigenvalue weighted by Crippen LogP contribution is -2.06. The molecule has 2 rings (SSSR count). The highest BCUT2D eigenvalue weighted by Crippen LogP contribution is 2.00. The van der Waals surface area contributed by atoms with Crippen LogP contribution in [0.25, 0.3) is 5.95 Å². The molecule has 0 aliphatic heterocycles. The van der Waals surface area contributed by atoms with E-state index in [-0.39, 0.29) is 11.8 Å². The topological polar surface area (TPSA) is 82.8 Å². The number of nitrogens with zero attached hydrogens (tertiary/aromatic N) is 5. The third-order valence-electron chi connectivity index (χ3n) is 1.67. The summed E-state index contributed by atoms with van der Waals surface area (Å²) in [5.74, 6) is -1.22. The number of carbonyl (C=O) groups excluding carboxylic acids is 1. The highest BCUT2D eigenvalue weighted by Gasteiger charge is 2.12. The molecule has 2 aromatic heterocycles. The van der Waals surface area contributed by atoms with Gasteiger partial charge in [0.1, 0.15) is 6.33 Å². The van der Waals surface area contributed by atoms with Gasteiger partial charge in [0.25, 0.3) is 11.8 Å². The molecule has 0 atom stereocenters. The molecule has 16 heavy (non-hydrogen) atoms. The van der Waals surface area contributed by atoms with Crippen LogP contribution in [0.1, 0.15) is 10.6 Å². The van der Waals surface area contributed by atoms with Gasteiger partial charge in [0.05, 0.1) is 19.5 Å². The first kappa shape index (κ1) is 10.1. The first-order valence-electron chi connectivity index (χ1n) is 4.18. The van der Waals surface area contributed by atoms with Gasteiger partial charge in [-0.2, -0.15) is 4.68 Å². The predicted molar refractivity (Wildman–Crippen MR) is 48.2 cm³/mol. The van der Waals surface area contributed by atoms with Crippen molar-refractivity contribution >= 4 is 5.97 Å². The Kier molecular flexibility index (Phi) is 2.54. The Bertz CT molecular complexity index is 509. The molecule has 0 fully saturated rings. The van der Waals surface area contributed by atoms with E-state index in [0.717, 1.165) is 17.1 Å². The molecule has 0 saturated carbocycles. The van der Waals surface area contributed by atoms with E-state index in [1.54, 1.807) is 0 Å². The van der Waals surface area contributed by atoms with Gasteiger partial charge in [0.15, 0.2) is 5.82 Å². The molecule has 0 aliphatic rings. The quantitative estimate of drug-likeness (QED) is 0.665. The minimum atomic E-state index is -0.666. The van der Waals surface area contributed by atoms with E-state index >= 15 is 0 Å². The summed E-state index contributed by atoms with van der Waals surface area (Å²) < 4.78 is 18.1. The number of ether oxygens (including phenoxy) is 1. The second-order valence-electron chi connectivity index (χ2n) is 2.71. The molecule has 8 heteroatoms. The van der Waals surface area contributed by atoms with E-state index in [0.29, 0.717) is 0 Å². The summed E-state index contributed by atoms with van der Waals surface area (Å²) >= 11 is 0. The maximum absolute atomic E-state index is 12.5. The number of hydrogen-bond acceptors (Lipinski definition) is 6. The summed E-state index contributed by atoms with van der Waals surface area (Å²) in [6.45, 7) is 0. The van der Waals surface area contributed by atoms with E-state index in [4.69, 9.17) is 0 Å². The highest BCUT2D eigenvalue weighted by atomic mass is 19.1. The fraction of sp³-hybridized carbons (Fsp3) is 0.125. The maximum atomic E-state index is 12.5. The Labute approximate surface area is 88.9 Å². The van der Waals surface area contributed by atoms with Gasteiger partial charge in [-0.15, -0.1) is 5.10 Å². The van der Waals surface area contributed by atoms with Crippen molar-refractivity contribution in [1.29, 1.82) is 0 Å². The molecule has 0 aromatic carbocycles. The van der Waals surface area contributed by atoms with Crippen molar-refractivity contribution in [3.63, 3.8) is 0 Å². The number of halogens is 1. The van der Waals surface area contributed by atoms with Gasteiger partial charge in [-0.25, -0.2) is 24.1 Å². The second-order valence-corrected chi connectivity index (χ2v) is 2.71. The van der Waals surface area contributed by atoms with E-state index in [1.807, 2.05) is 0 Å². The Morgan fingerprint density at radius 3 is 2.69 bits per heavy atom. The van der Waals surface area contributed by atoms with E-state index in [9.17, 15) is 9.18 Å². The van der Waals surface area contributed by atoms with Gasteiger partial charge >= 0.3 is 5.97 Å². The molecule has 2 aromatic rings. The van der Waals surface area contributed by atoms with Crippen LogP contribution in [0.5, 0.6) is 0 Å². The highest BCUT2D eigenvalue weighted by molar-refractivity contribution is 5.84. The zero-order valence-corrected chi connectivity index (χ0v) is 8.16. The number of esters is 1. The lowest BCUT2D eigenvalue weighted by atomic mass is 10.6. The van der Waals surface area contributed by atoms with Crippen molar-refractivity contribution in [3.8, 4) is 5.95 Å². The Hall–Kier alpha value is -2.38. The summed E-state index contributed by atoms with van der Waals surface area (Å²) in [5, 5.41) is 3.76. The molecule has 0 spiro atoms. The fourth-order valence-electron chi connectivity index (χ4n) is 0.968. The Morgan fingerprint density at radius 1 is 1.38 bits per heavy atom. The average Bonchev–Trinajstić information content (AvgIpc) is 2.78. The lowest BCUT2D eigenvalue weighted by Gasteiger charge is -1.96. The number of hydrogen-bond donors (Lipinski definition) is 0. The molecule has 0 amide bonds. The Morgan fingerprint density at radius 2 is 2.06 bits per heavy atom. The molecule has 82 valence electrons. The molecule has 0 N–H and O–H groups in total. The SMILES string of the molecule is COC(=O)c1ncn(-c2ncc(F)cn2)n1. The first-order chi connectivity index (χ1) is 7.70. The minimum absolute atomic E-state index is 0.115. The van der Waals surface area contributed by atoms with E-state index in [1.165, 1.54) is 13.4 Å². The molecule has 0 radical (unpaired) electrons. The third kappa shape index (κ3) is 1.85. The number of carbonyl (C=O) groups is 1. The van der Waals surface area contributed by atoms with Crippen LogP contribution in [0.3, 0.4) is 0 Å². The van der Waals surface area contributed by atoms with Crippen molar-refractivity contribution in [2.75, 3.05) is 7.11 Å². The van der Waals surface area contributed by atoms with Crippen LogP contribution in [0.2, 0.25) is 0 Å². The maximum Gasteiger partial charge on any atom is 0.377 e. The van der Waals surface area contributed by atoms with Gasteiger partial charge in [0.2, 0.25) is 0 Å². The van der Waals surface area contributed by atoms with Crippen LogP contribution in [-0.4, -0.2) is 37.8 Å². The lowest BCUT2D eigenvalue weighted by molar-refractivity contribution is 0.0587. The largest absolute Gasteiger partial charge is 0.463 e. The van der Waals surface area contributed by atoms with Crippen LogP contribution in [-0.2, 0) is 4.74 Å². The van der Waals surface area contributed by atoms with Gasteiger partial charge in [-0.3, -0.25) is 0 Å². The van der Waals surface area contributed by atoms with Crippen molar-refractivity contribution < 1.29 is 13.9 Å². The molecule has 0 unspecified atom stereocenters. The van der Waals surface area contributed by atoms with E-state index < -0.39 is 11.8 Å². The van der Waals surface area contributed by atoms with Crippen LogP contribution in [0.4, 0.5) is 4.39 Å². The van der Waals surface area contributed by atoms with Gasteiger partial charge in [0, 0.05) is 0 Å². The normalized spacial score (nSPS) is 10.1. The van der Waals surface area contributed by atoms with Crippen molar-refractivity contribution in [2.45, 2.75) is 0 Å². The standard InChI is InChI=1S/C8H6FN5O2/c1-16-7(15)6-12-4-14(13-6)8-10-2-5(9)3-11-8/h2-4H,1H3. The van der Waals surface area contributed by atoms with Gasteiger partial charge < -0.3 is 4.74 Å². The molecule has 2 heterocycles. The zero-order valence-electron chi connectivity index (χ0n) is 8.16. The second kappa shape index (κ2) is 4.01. The summed E-state index contributed by atoms with van der Waals surface area (Å²) in [7, 11) is 1.22. The molecule has 0 saturated heterocycles. The van der Waals surface area contributed by atoms with E-state index in [2.05, 4.69) is 24.8 Å². The minimum Gasteiger partial charge on any atom is -0.463 e. The first-order valence-corrected chi connectivity index (χ1v) is 4.18. The summed E-state index contributed by atoms with van der Waals surface area (Å²) in [4.78, 5) is 22.1. The fourth-order valence-corrected chi connectivity index (χ4v) is 0.968. The molecular weight excluding hydrogens is 217 g/mol. The molecule has 0 bridgehead atoms. The summed E-state index contributed by atoms with van der Waals surface area (Å²) in [6.07, 6.45) is 3.21. The number of rotatable bonds is 2. The average molecular weight is 223 g/mol. The van der Waals surface area contributed by atoms with Gasteiger partial charge in [-0.1, -0.05) is 0 Å². The van der Waals surface area contributed by atoms with Crippen molar-refractivity contribution in [2.24, 2.45) is 0 Å². The summed E-state index contributed by atoms with van der Waals surface area (Å²) in [5.41, 5.74) is 0. The number of methoxy groups -OCH3 is 1. The van der Waals surface area contributed by atoms with Crippen molar-refractivity contribution in [1.82, 2.24) is 24.7 Å². The van der Waals surface area contributed by atoms with Crippen molar-refractivity contribution in [3.05, 3.63) is 30.4 Å². The smallest absolute Gasteiger partial charge is 0.377 e. The molecule has 7 nitrogen and oxygen atoms in total. The van der Waals surface area contributed by atoms with Crippen LogP contribution >= 0.6 is 0 Å². The number of aromatic nitrogens is 5. The van der Waals surface area contributed by atoms with Crippen LogP contribution in [0, 0.1) is 5.82 Å². The van der Waals surface area contributed by atoms with Crippen LogP contribution < -0.4 is 0 Å².